The predicted octanol–water partition coefficient (Wildman–Crippen LogP) is 10.4. The summed E-state index contributed by atoms with van der Waals surface area (Å²) >= 11 is 0. The van der Waals surface area contributed by atoms with Gasteiger partial charge in [0.15, 0.2) is 0 Å². The van der Waals surface area contributed by atoms with E-state index < -0.39 is 10.1 Å². The summed E-state index contributed by atoms with van der Waals surface area (Å²) in [5, 5.41) is 4.08. The van der Waals surface area contributed by atoms with Crippen molar-refractivity contribution in [1.29, 1.82) is 0 Å². The fourth-order valence-corrected chi connectivity index (χ4v) is 6.68. The fraction of sp³-hybridized carbons (Fsp3) is 0.0500. The number of rotatable bonds is 9. The van der Waals surface area contributed by atoms with Crippen molar-refractivity contribution >= 4 is 65.8 Å². The minimum absolute atomic E-state index is 0.189. The monoisotopic (exact) mass is 620 g/mol. The van der Waals surface area contributed by atoms with Gasteiger partial charge < -0.3 is 9.80 Å². The molecule has 0 aliphatic rings. The molecule has 0 radical (unpaired) electrons. The maximum Gasteiger partial charge on any atom is 0.265 e. The lowest BCUT2D eigenvalue weighted by Crippen LogP contribution is -2.14. The molecule has 0 aromatic heterocycles. The Kier molecular flexibility index (Phi) is 7.97. The molecular formula is C40H32N2O3S. The van der Waals surface area contributed by atoms with Crippen LogP contribution in [0.1, 0.15) is 5.56 Å². The number of nitrogens with zero attached hydrogens (tertiary/aromatic N) is 2. The summed E-state index contributed by atoms with van der Waals surface area (Å²) in [5.74, 6) is -0.352. The molecule has 7 rings (SSSR count). The number of hydrogen-bond acceptors (Lipinski definition) is 4. The van der Waals surface area contributed by atoms with Crippen LogP contribution in [-0.4, -0.2) is 18.7 Å². The normalized spacial score (nSPS) is 11.5. The van der Waals surface area contributed by atoms with E-state index in [1.807, 2.05) is 78.9 Å². The number of fused-ring (bicyclic) bond motifs is 2. The van der Waals surface area contributed by atoms with E-state index in [1.165, 1.54) is 0 Å². The summed E-state index contributed by atoms with van der Waals surface area (Å²) in [6.45, 7) is 0. The van der Waals surface area contributed by atoms with E-state index in [9.17, 15) is 13.0 Å². The molecule has 5 nitrogen and oxygen atoms in total. The third-order valence-electron chi connectivity index (χ3n) is 8.19. The Morgan fingerprint density at radius 3 is 1.17 bits per heavy atom. The maximum absolute atomic E-state index is 11.8. The minimum atomic E-state index is -4.13. The van der Waals surface area contributed by atoms with E-state index in [1.54, 1.807) is 0 Å². The largest absolute Gasteiger partial charge is 0.309 e. The van der Waals surface area contributed by atoms with Crippen LogP contribution in [0, 0.1) is 0 Å². The Morgan fingerprint density at radius 1 is 0.435 bits per heavy atom. The smallest absolute Gasteiger partial charge is 0.265 e. The summed E-state index contributed by atoms with van der Waals surface area (Å²) in [6.07, 6.45) is 0.189. The fourth-order valence-electron chi connectivity index (χ4n) is 6.19. The van der Waals surface area contributed by atoms with Gasteiger partial charge in [0.25, 0.3) is 10.1 Å². The van der Waals surface area contributed by atoms with Crippen molar-refractivity contribution in [2.75, 3.05) is 15.6 Å². The molecule has 46 heavy (non-hydrogen) atoms. The van der Waals surface area contributed by atoms with Gasteiger partial charge in [-0.15, -0.1) is 0 Å². The highest BCUT2D eigenvalue weighted by molar-refractivity contribution is 7.85. The Bertz CT molecular complexity index is 2150. The molecule has 6 heteroatoms. The van der Waals surface area contributed by atoms with Crippen LogP contribution >= 0.6 is 0 Å². The van der Waals surface area contributed by atoms with Crippen LogP contribution in [0.25, 0.3) is 21.5 Å². The van der Waals surface area contributed by atoms with Crippen LogP contribution in [0.15, 0.2) is 164 Å². The summed E-state index contributed by atoms with van der Waals surface area (Å²) in [4.78, 5) is 4.57. The van der Waals surface area contributed by atoms with Crippen molar-refractivity contribution in [3.05, 3.63) is 169 Å². The Hall–Kier alpha value is -5.43. The van der Waals surface area contributed by atoms with Crippen LogP contribution in [-0.2, 0) is 16.5 Å². The molecule has 0 saturated heterocycles. The molecule has 0 aliphatic carbocycles. The molecule has 0 aliphatic heterocycles. The van der Waals surface area contributed by atoms with E-state index in [0.29, 0.717) is 0 Å². The number of para-hydroxylation sites is 4. The van der Waals surface area contributed by atoms with E-state index >= 15 is 0 Å². The van der Waals surface area contributed by atoms with Crippen LogP contribution in [0.3, 0.4) is 0 Å². The molecule has 0 atom stereocenters. The molecule has 7 aromatic rings. The number of benzene rings is 7. The second-order valence-electron chi connectivity index (χ2n) is 11.2. The highest BCUT2D eigenvalue weighted by atomic mass is 32.2. The number of hydrogen-bond donors (Lipinski definition) is 1. The molecule has 0 spiro atoms. The molecule has 0 bridgehead atoms. The molecule has 0 fully saturated rings. The lowest BCUT2D eigenvalue weighted by Gasteiger charge is -2.33. The van der Waals surface area contributed by atoms with Crippen molar-refractivity contribution < 1.29 is 13.0 Å². The van der Waals surface area contributed by atoms with Gasteiger partial charge >= 0.3 is 0 Å². The number of anilines is 6. The summed E-state index contributed by atoms with van der Waals surface area (Å²) < 4.78 is 33.2. The zero-order chi connectivity index (χ0) is 31.5. The van der Waals surface area contributed by atoms with Gasteiger partial charge in [0.2, 0.25) is 0 Å². The van der Waals surface area contributed by atoms with Crippen LogP contribution in [0.2, 0.25) is 0 Å². The van der Waals surface area contributed by atoms with Crippen LogP contribution in [0.4, 0.5) is 34.1 Å². The van der Waals surface area contributed by atoms with Crippen LogP contribution < -0.4 is 9.80 Å². The molecule has 0 heterocycles. The quantitative estimate of drug-likeness (QED) is 0.0988. The molecule has 0 saturated carbocycles. The second-order valence-corrected chi connectivity index (χ2v) is 12.7. The van der Waals surface area contributed by atoms with Crippen molar-refractivity contribution in [2.45, 2.75) is 6.42 Å². The minimum Gasteiger partial charge on any atom is -0.309 e. The standard InChI is InChI=1S/C40H32N2O3S/c43-46(44,45)28-27-30-25-26-37-38(29-30)40(42(33-19-9-3-10-20-33)34-21-11-4-12-22-34)36-24-14-13-23-35(36)39(37)41(31-15-5-1-6-16-31)32-17-7-2-8-18-32/h1-26,29H,27-28H2,(H,43,44,45). The summed E-state index contributed by atoms with van der Waals surface area (Å²) in [6, 6.07) is 55.9. The van der Waals surface area contributed by atoms with Crippen molar-refractivity contribution in [2.24, 2.45) is 0 Å². The van der Waals surface area contributed by atoms with Gasteiger partial charge in [0, 0.05) is 44.3 Å². The van der Waals surface area contributed by atoms with Gasteiger partial charge in [-0.05, 0) is 66.6 Å². The topological polar surface area (TPSA) is 60.9 Å². The first-order valence-electron chi connectivity index (χ1n) is 15.2. The molecule has 226 valence electrons. The molecular weight excluding hydrogens is 589 g/mol. The first kappa shape index (κ1) is 29.3. The zero-order valence-electron chi connectivity index (χ0n) is 25.1. The molecule has 0 amide bonds. The zero-order valence-corrected chi connectivity index (χ0v) is 25.9. The van der Waals surface area contributed by atoms with Gasteiger partial charge in [0.05, 0.1) is 17.1 Å². The second kappa shape index (κ2) is 12.5. The summed E-state index contributed by atoms with van der Waals surface area (Å²) in [7, 11) is -4.13. The number of aryl methyl sites for hydroxylation is 1. The van der Waals surface area contributed by atoms with Gasteiger partial charge in [0.1, 0.15) is 0 Å². The van der Waals surface area contributed by atoms with Gasteiger partial charge in [-0.1, -0.05) is 109 Å². The highest BCUT2D eigenvalue weighted by Gasteiger charge is 2.25. The predicted molar refractivity (Wildman–Crippen MR) is 191 cm³/mol. The van der Waals surface area contributed by atoms with Crippen molar-refractivity contribution in [1.82, 2.24) is 0 Å². The first-order chi connectivity index (χ1) is 22.5. The van der Waals surface area contributed by atoms with Crippen molar-refractivity contribution in [3.63, 3.8) is 0 Å². The third-order valence-corrected chi connectivity index (χ3v) is 8.91. The SMILES string of the molecule is O=S(=O)(O)CCc1ccc2c(N(c3ccccc3)c3ccccc3)c3ccccc3c(N(c3ccccc3)c3ccccc3)c2c1. The van der Waals surface area contributed by atoms with E-state index in [-0.39, 0.29) is 12.2 Å². The molecule has 0 unspecified atom stereocenters. The van der Waals surface area contributed by atoms with Crippen molar-refractivity contribution in [3.8, 4) is 0 Å². The van der Waals surface area contributed by atoms with E-state index in [2.05, 4.69) is 94.7 Å². The third kappa shape index (κ3) is 5.84. The average Bonchev–Trinajstić information content (AvgIpc) is 3.10. The highest BCUT2D eigenvalue weighted by Crippen LogP contribution is 2.51. The van der Waals surface area contributed by atoms with E-state index in [0.717, 1.165) is 61.2 Å². The van der Waals surface area contributed by atoms with Crippen LogP contribution in [0.5, 0.6) is 0 Å². The Labute approximate surface area is 269 Å². The lowest BCUT2D eigenvalue weighted by molar-refractivity contribution is 0.482. The summed E-state index contributed by atoms with van der Waals surface area (Å²) in [5.41, 5.74) is 6.87. The molecule has 1 N–H and O–H groups in total. The Morgan fingerprint density at radius 2 is 0.783 bits per heavy atom. The van der Waals surface area contributed by atoms with E-state index in [4.69, 9.17) is 0 Å². The average molecular weight is 621 g/mol. The Balaban J connectivity index is 1.62. The van der Waals surface area contributed by atoms with Gasteiger partial charge in [-0.2, -0.15) is 8.42 Å². The first-order valence-corrected chi connectivity index (χ1v) is 16.8. The molecule has 7 aromatic carbocycles. The lowest BCUT2D eigenvalue weighted by atomic mass is 9.93. The van der Waals surface area contributed by atoms with Gasteiger partial charge in [-0.3, -0.25) is 4.55 Å². The van der Waals surface area contributed by atoms with Gasteiger partial charge in [-0.25, -0.2) is 0 Å². The maximum atomic E-state index is 11.8.